The van der Waals surface area contributed by atoms with Gasteiger partial charge in [0.25, 0.3) is 0 Å². The Morgan fingerprint density at radius 1 is 0.500 bits per heavy atom. The fourth-order valence-electron chi connectivity index (χ4n) is 5.16. The molecule has 1 rings (SSSR count). The number of carbonyl (C=O) groups is 4. The second kappa shape index (κ2) is 22.2. The van der Waals surface area contributed by atoms with E-state index in [9.17, 15) is 19.2 Å². The van der Waals surface area contributed by atoms with E-state index < -0.39 is 23.8 Å². The van der Waals surface area contributed by atoms with E-state index in [4.69, 9.17) is 9.47 Å². The van der Waals surface area contributed by atoms with Crippen LogP contribution in [0.25, 0.3) is 0 Å². The normalized spacial score (nSPS) is 12.5. The number of benzene rings is 1. The molecule has 6 nitrogen and oxygen atoms in total. The van der Waals surface area contributed by atoms with E-state index in [2.05, 4.69) is 13.8 Å². The molecule has 0 aliphatic carbocycles. The van der Waals surface area contributed by atoms with Crippen LogP contribution < -0.4 is 0 Å². The molecule has 0 N–H and O–H groups in total. The van der Waals surface area contributed by atoms with Gasteiger partial charge in [-0.3, -0.25) is 19.2 Å². The van der Waals surface area contributed by atoms with E-state index in [-0.39, 0.29) is 11.6 Å². The van der Waals surface area contributed by atoms with Crippen molar-refractivity contribution in [1.82, 2.24) is 0 Å². The van der Waals surface area contributed by atoms with Crippen LogP contribution in [0.15, 0.2) is 24.3 Å². The second-order valence-corrected chi connectivity index (χ2v) is 11.0. The van der Waals surface area contributed by atoms with Crippen LogP contribution in [0.2, 0.25) is 0 Å². The lowest BCUT2D eigenvalue weighted by Gasteiger charge is -2.15. The molecular formula is C34H54O6. The van der Waals surface area contributed by atoms with Gasteiger partial charge in [-0.15, -0.1) is 0 Å². The molecule has 0 aliphatic rings. The Hall–Kier alpha value is -2.50. The van der Waals surface area contributed by atoms with Crippen LogP contribution in [-0.2, 0) is 19.1 Å². The van der Waals surface area contributed by atoms with Gasteiger partial charge in [0.05, 0.1) is 14.2 Å². The summed E-state index contributed by atoms with van der Waals surface area (Å²) in [4.78, 5) is 51.2. The molecule has 1 aromatic carbocycles. The Balaban J connectivity index is 2.69. The Morgan fingerprint density at radius 2 is 0.775 bits per heavy atom. The van der Waals surface area contributed by atoms with Crippen LogP contribution >= 0.6 is 0 Å². The molecule has 0 radical (unpaired) electrons. The molecule has 0 fully saturated rings. The number of Topliss-reactive ketones (excluding diaryl/α,β-unsaturated/α-hetero) is 2. The first-order chi connectivity index (χ1) is 19.4. The number of unbranched alkanes of at least 4 members (excludes halogenated alkanes) is 14. The molecule has 0 heterocycles. The molecule has 40 heavy (non-hydrogen) atoms. The van der Waals surface area contributed by atoms with Crippen LogP contribution in [0, 0.1) is 11.8 Å². The number of carbonyl (C=O) groups excluding carboxylic acids is 4. The quantitative estimate of drug-likeness (QED) is 0.0546. The average Bonchev–Trinajstić information content (AvgIpc) is 2.98. The van der Waals surface area contributed by atoms with Crippen LogP contribution in [0.1, 0.15) is 150 Å². The summed E-state index contributed by atoms with van der Waals surface area (Å²) < 4.78 is 9.85. The molecule has 2 unspecified atom stereocenters. The number of ketones is 2. The highest BCUT2D eigenvalue weighted by atomic mass is 16.5. The van der Waals surface area contributed by atoms with Gasteiger partial charge in [0, 0.05) is 11.1 Å². The van der Waals surface area contributed by atoms with Gasteiger partial charge in [0.2, 0.25) is 0 Å². The first-order valence-corrected chi connectivity index (χ1v) is 15.7. The third-order valence-corrected chi connectivity index (χ3v) is 7.75. The first-order valence-electron chi connectivity index (χ1n) is 15.7. The van der Waals surface area contributed by atoms with Crippen LogP contribution in [0.3, 0.4) is 0 Å². The highest BCUT2D eigenvalue weighted by molar-refractivity contribution is 6.11. The number of esters is 2. The number of hydrogen-bond acceptors (Lipinski definition) is 6. The SMILES string of the molecule is CCCCCCCCCCC(C(=O)OC)C(=O)c1ccc(C(=O)C(CCCCCCCCCC)C(=O)OC)cc1. The van der Waals surface area contributed by atoms with Crippen molar-refractivity contribution in [2.24, 2.45) is 11.8 Å². The van der Waals surface area contributed by atoms with E-state index in [1.54, 1.807) is 24.3 Å². The molecule has 0 saturated heterocycles. The highest BCUT2D eigenvalue weighted by Gasteiger charge is 2.30. The third kappa shape index (κ3) is 13.7. The molecule has 1 aromatic rings. The van der Waals surface area contributed by atoms with E-state index in [0.29, 0.717) is 24.0 Å². The van der Waals surface area contributed by atoms with Crippen molar-refractivity contribution < 1.29 is 28.7 Å². The van der Waals surface area contributed by atoms with Crippen molar-refractivity contribution in [1.29, 1.82) is 0 Å². The standard InChI is InChI=1S/C34H54O6/c1-5-7-9-11-13-15-17-19-21-29(33(37)39-3)31(35)27-23-25-28(26-24-27)32(36)30(34(38)40-4)22-20-18-16-14-12-10-8-6-2/h23-26,29-30H,5-22H2,1-4H3. The Morgan fingerprint density at radius 3 is 1.05 bits per heavy atom. The summed E-state index contributed by atoms with van der Waals surface area (Å²) >= 11 is 0. The molecule has 0 amide bonds. The molecule has 2 atom stereocenters. The van der Waals surface area contributed by atoms with Gasteiger partial charge >= 0.3 is 11.9 Å². The summed E-state index contributed by atoms with van der Waals surface area (Å²) in [7, 11) is 2.61. The summed E-state index contributed by atoms with van der Waals surface area (Å²) in [5, 5.41) is 0. The van der Waals surface area contributed by atoms with Crippen molar-refractivity contribution in [3.8, 4) is 0 Å². The fourth-order valence-corrected chi connectivity index (χ4v) is 5.16. The number of hydrogen-bond donors (Lipinski definition) is 0. The van der Waals surface area contributed by atoms with Gasteiger partial charge in [-0.25, -0.2) is 0 Å². The van der Waals surface area contributed by atoms with Crippen molar-refractivity contribution in [2.75, 3.05) is 14.2 Å². The maximum Gasteiger partial charge on any atom is 0.316 e. The van der Waals surface area contributed by atoms with Crippen LogP contribution in [-0.4, -0.2) is 37.7 Å². The highest BCUT2D eigenvalue weighted by Crippen LogP contribution is 2.22. The molecule has 0 saturated carbocycles. The van der Waals surface area contributed by atoms with Crippen molar-refractivity contribution in [2.45, 2.75) is 129 Å². The third-order valence-electron chi connectivity index (χ3n) is 7.75. The largest absolute Gasteiger partial charge is 0.468 e. The fraction of sp³-hybridized carbons (Fsp3) is 0.706. The number of rotatable bonds is 24. The minimum Gasteiger partial charge on any atom is -0.468 e. The van der Waals surface area contributed by atoms with Crippen LogP contribution in [0.5, 0.6) is 0 Å². The summed E-state index contributed by atoms with van der Waals surface area (Å²) in [5.41, 5.74) is 0.730. The topological polar surface area (TPSA) is 86.7 Å². The molecule has 0 spiro atoms. The lowest BCUT2D eigenvalue weighted by Crippen LogP contribution is -2.26. The predicted octanol–water partition coefficient (Wildman–Crippen LogP) is 8.69. The van der Waals surface area contributed by atoms with Crippen LogP contribution in [0.4, 0.5) is 0 Å². The summed E-state index contributed by atoms with van der Waals surface area (Å²) in [6, 6.07) is 6.29. The van der Waals surface area contributed by atoms with Gasteiger partial charge in [0.1, 0.15) is 11.8 Å². The minimum atomic E-state index is -0.851. The Kier molecular flexibility index (Phi) is 19.7. The van der Waals surface area contributed by atoms with E-state index in [1.807, 2.05) is 0 Å². The Labute approximate surface area is 243 Å². The zero-order chi connectivity index (χ0) is 29.6. The van der Waals surface area contributed by atoms with Gasteiger partial charge in [-0.2, -0.15) is 0 Å². The first kappa shape index (κ1) is 35.5. The molecular weight excluding hydrogens is 504 g/mol. The van der Waals surface area contributed by atoms with Gasteiger partial charge in [0.15, 0.2) is 11.6 Å². The monoisotopic (exact) mass is 558 g/mol. The summed E-state index contributed by atoms with van der Waals surface area (Å²) in [6.07, 6.45) is 19.0. The Bertz CT molecular complexity index is 789. The lowest BCUT2D eigenvalue weighted by atomic mass is 9.89. The lowest BCUT2D eigenvalue weighted by molar-refractivity contribution is -0.144. The van der Waals surface area contributed by atoms with Crippen molar-refractivity contribution in [3.63, 3.8) is 0 Å². The summed E-state index contributed by atoms with van der Waals surface area (Å²) in [5.74, 6) is -3.34. The molecule has 0 bridgehead atoms. The van der Waals surface area contributed by atoms with Crippen molar-refractivity contribution in [3.05, 3.63) is 35.4 Å². The molecule has 226 valence electrons. The average molecular weight is 559 g/mol. The zero-order valence-corrected chi connectivity index (χ0v) is 25.6. The molecule has 0 aromatic heterocycles. The number of methoxy groups -OCH3 is 2. The number of ether oxygens (including phenoxy) is 2. The second-order valence-electron chi connectivity index (χ2n) is 11.0. The maximum atomic E-state index is 13.2. The predicted molar refractivity (Wildman–Crippen MR) is 161 cm³/mol. The minimum absolute atomic E-state index is 0.294. The maximum absolute atomic E-state index is 13.2. The van der Waals surface area contributed by atoms with Gasteiger partial charge < -0.3 is 9.47 Å². The van der Waals surface area contributed by atoms with E-state index in [1.165, 1.54) is 78.4 Å². The van der Waals surface area contributed by atoms with Gasteiger partial charge in [-0.1, -0.05) is 141 Å². The van der Waals surface area contributed by atoms with Crippen molar-refractivity contribution >= 4 is 23.5 Å². The summed E-state index contributed by atoms with van der Waals surface area (Å²) in [6.45, 7) is 4.40. The molecule has 0 aliphatic heterocycles. The smallest absolute Gasteiger partial charge is 0.316 e. The van der Waals surface area contributed by atoms with E-state index >= 15 is 0 Å². The van der Waals surface area contributed by atoms with Gasteiger partial charge in [-0.05, 0) is 12.8 Å². The molecule has 6 heteroatoms. The zero-order valence-electron chi connectivity index (χ0n) is 25.6. The van der Waals surface area contributed by atoms with E-state index in [0.717, 1.165) is 38.5 Å².